The molecule has 1 amide bonds. The van der Waals surface area contributed by atoms with E-state index >= 15 is 0 Å². The van der Waals surface area contributed by atoms with Crippen molar-refractivity contribution in [3.8, 4) is 11.7 Å². The van der Waals surface area contributed by atoms with Gasteiger partial charge in [0.2, 0.25) is 23.8 Å². The predicted octanol–water partition coefficient (Wildman–Crippen LogP) is 1.58. The molecule has 0 spiro atoms. The van der Waals surface area contributed by atoms with Gasteiger partial charge in [-0.3, -0.25) is 9.36 Å². The molecule has 0 atom stereocenters. The summed E-state index contributed by atoms with van der Waals surface area (Å²) in [4.78, 5) is 35.0. The number of amides is 1. The first-order valence-corrected chi connectivity index (χ1v) is 11.7. The van der Waals surface area contributed by atoms with E-state index in [1.165, 1.54) is 6.07 Å². The minimum atomic E-state index is -2.93. The first-order valence-electron chi connectivity index (χ1n) is 11.1. The van der Waals surface area contributed by atoms with Crippen molar-refractivity contribution in [3.05, 3.63) is 24.0 Å². The highest BCUT2D eigenvalue weighted by molar-refractivity contribution is 6.27. The van der Waals surface area contributed by atoms with Gasteiger partial charge < -0.3 is 24.5 Å². The highest BCUT2D eigenvalue weighted by Crippen LogP contribution is 2.32. The van der Waals surface area contributed by atoms with Crippen molar-refractivity contribution in [2.45, 2.75) is 6.43 Å². The van der Waals surface area contributed by atoms with Crippen LogP contribution in [0.15, 0.2) is 18.2 Å². The van der Waals surface area contributed by atoms with Crippen LogP contribution >= 0.6 is 11.6 Å². The second-order valence-corrected chi connectivity index (χ2v) is 8.35. The number of morpholine rings is 1. The van der Waals surface area contributed by atoms with Crippen LogP contribution in [0.1, 0.15) is 12.2 Å². The molecular weight excluding hydrogens is 486 g/mol. The second-order valence-electron chi connectivity index (χ2n) is 8.09. The normalized spacial score (nSPS) is 17.0. The van der Waals surface area contributed by atoms with Crippen molar-refractivity contribution in [1.82, 2.24) is 29.4 Å². The van der Waals surface area contributed by atoms with Gasteiger partial charge in [0.1, 0.15) is 17.1 Å². The van der Waals surface area contributed by atoms with Gasteiger partial charge in [-0.2, -0.15) is 15.0 Å². The molecular formula is C21H23ClF2N8O3. The van der Waals surface area contributed by atoms with Crippen LogP contribution in [0.3, 0.4) is 0 Å². The van der Waals surface area contributed by atoms with Crippen molar-refractivity contribution < 1.29 is 23.4 Å². The number of carbonyl (C=O) groups excluding carboxylic acids is 1. The Morgan fingerprint density at radius 2 is 1.60 bits per heavy atom. The topological polar surface area (TPSA) is 113 Å². The molecule has 35 heavy (non-hydrogen) atoms. The molecule has 0 radical (unpaired) electrons. The lowest BCUT2D eigenvalue weighted by molar-refractivity contribution is -0.128. The van der Waals surface area contributed by atoms with Gasteiger partial charge in [0.25, 0.3) is 6.43 Å². The van der Waals surface area contributed by atoms with Crippen LogP contribution in [0, 0.1) is 0 Å². The van der Waals surface area contributed by atoms with Crippen molar-refractivity contribution in [2.24, 2.45) is 0 Å². The second kappa shape index (κ2) is 9.74. The Balaban J connectivity index is 1.60. The number of hydrogen-bond donors (Lipinski definition) is 1. The summed E-state index contributed by atoms with van der Waals surface area (Å²) in [6.07, 6.45) is -2.93. The minimum Gasteiger partial charge on any atom is -0.506 e. The van der Waals surface area contributed by atoms with E-state index in [9.17, 15) is 18.7 Å². The molecule has 2 fully saturated rings. The number of para-hydroxylation sites is 1. The molecule has 2 saturated heterocycles. The number of aromatic hydroxyl groups is 1. The number of phenols is 1. The van der Waals surface area contributed by atoms with E-state index in [-0.39, 0.29) is 34.5 Å². The number of nitrogens with zero attached hydrogens (tertiary/aromatic N) is 8. The van der Waals surface area contributed by atoms with Crippen LogP contribution in [-0.2, 0) is 9.53 Å². The fourth-order valence-corrected chi connectivity index (χ4v) is 4.36. The van der Waals surface area contributed by atoms with Crippen molar-refractivity contribution >= 4 is 40.4 Å². The van der Waals surface area contributed by atoms with E-state index in [1.807, 2.05) is 9.80 Å². The molecule has 2 aliphatic heterocycles. The molecule has 5 rings (SSSR count). The molecule has 2 aliphatic rings. The van der Waals surface area contributed by atoms with E-state index in [1.54, 1.807) is 17.0 Å². The number of benzene rings is 1. The van der Waals surface area contributed by atoms with Crippen molar-refractivity contribution in [3.63, 3.8) is 0 Å². The zero-order valence-electron chi connectivity index (χ0n) is 18.6. The number of piperazine rings is 1. The minimum absolute atomic E-state index is 0.0286. The van der Waals surface area contributed by atoms with Crippen molar-refractivity contribution in [1.29, 1.82) is 0 Å². The highest BCUT2D eigenvalue weighted by Gasteiger charge is 2.28. The summed E-state index contributed by atoms with van der Waals surface area (Å²) in [5.41, 5.74) is 0.286. The van der Waals surface area contributed by atoms with Crippen LogP contribution < -0.4 is 9.80 Å². The summed E-state index contributed by atoms with van der Waals surface area (Å²) < 4.78 is 34.6. The van der Waals surface area contributed by atoms with Crippen LogP contribution in [0.2, 0.25) is 0 Å². The number of alkyl halides is 3. The van der Waals surface area contributed by atoms with E-state index in [4.69, 9.17) is 16.3 Å². The molecule has 0 unspecified atom stereocenters. The summed E-state index contributed by atoms with van der Waals surface area (Å²) in [5, 5.41) is 10.2. The maximum absolute atomic E-state index is 14.0. The molecule has 3 aromatic rings. The molecule has 2 aromatic heterocycles. The number of aromatic nitrogens is 5. The molecule has 11 nitrogen and oxygen atoms in total. The fraction of sp³-hybridized carbons (Fsp3) is 0.476. The van der Waals surface area contributed by atoms with E-state index < -0.39 is 12.2 Å². The number of rotatable bonds is 5. The molecule has 0 saturated carbocycles. The van der Waals surface area contributed by atoms with Gasteiger partial charge in [0.15, 0.2) is 5.82 Å². The maximum atomic E-state index is 14.0. The van der Waals surface area contributed by atoms with Gasteiger partial charge in [-0.05, 0) is 12.1 Å². The number of imidazole rings is 1. The standard InChI is InChI=1S/C21H23ClF2N8O3/c22-12-15(34)29-4-6-30(7-5-29)19-26-20(31-8-10-35-11-9-31)28-21(27-19)32-13-2-1-3-14(33)16(13)25-18(32)17(23)24/h1-3,17,33H,4-12H2. The third-order valence-electron chi connectivity index (χ3n) is 6.01. The van der Waals surface area contributed by atoms with Gasteiger partial charge in [0.05, 0.1) is 18.7 Å². The number of fused-ring (bicyclic) bond motifs is 1. The summed E-state index contributed by atoms with van der Waals surface area (Å²) in [6.45, 7) is 3.80. The van der Waals surface area contributed by atoms with Gasteiger partial charge >= 0.3 is 0 Å². The summed E-state index contributed by atoms with van der Waals surface area (Å²) in [6, 6.07) is 4.50. The van der Waals surface area contributed by atoms with Crippen LogP contribution in [-0.4, -0.2) is 98.8 Å². The summed E-state index contributed by atoms with van der Waals surface area (Å²) in [7, 11) is 0. The number of carbonyl (C=O) groups is 1. The van der Waals surface area contributed by atoms with Gasteiger partial charge in [-0.1, -0.05) is 6.07 Å². The summed E-state index contributed by atoms with van der Waals surface area (Å²) in [5.74, 6) is -0.433. The lowest BCUT2D eigenvalue weighted by Crippen LogP contribution is -2.50. The Kier molecular flexibility index (Phi) is 6.52. The number of ether oxygens (including phenoxy) is 1. The van der Waals surface area contributed by atoms with Crippen LogP contribution in [0.25, 0.3) is 17.0 Å². The number of hydrogen-bond acceptors (Lipinski definition) is 9. The van der Waals surface area contributed by atoms with Gasteiger partial charge in [0, 0.05) is 39.3 Å². The molecule has 186 valence electrons. The molecule has 14 heteroatoms. The number of anilines is 2. The Morgan fingerprint density at radius 1 is 0.971 bits per heavy atom. The lowest BCUT2D eigenvalue weighted by atomic mass is 10.3. The summed E-state index contributed by atoms with van der Waals surface area (Å²) >= 11 is 5.68. The molecule has 0 bridgehead atoms. The maximum Gasteiger partial charge on any atom is 0.296 e. The Labute approximate surface area is 203 Å². The van der Waals surface area contributed by atoms with E-state index in [2.05, 4.69) is 19.9 Å². The highest BCUT2D eigenvalue weighted by atomic mass is 35.5. The predicted molar refractivity (Wildman–Crippen MR) is 124 cm³/mol. The van der Waals surface area contributed by atoms with Crippen LogP contribution in [0.5, 0.6) is 5.75 Å². The number of phenolic OH excluding ortho intramolecular Hbond substituents is 1. The monoisotopic (exact) mass is 508 g/mol. The zero-order valence-corrected chi connectivity index (χ0v) is 19.4. The SMILES string of the molecule is O=C(CCl)N1CCN(c2nc(N3CCOCC3)nc(-n3c(C(F)F)nc4c(O)cccc43)n2)CC1. The largest absolute Gasteiger partial charge is 0.506 e. The fourth-order valence-electron chi connectivity index (χ4n) is 4.19. The van der Waals surface area contributed by atoms with Gasteiger partial charge in [-0.15, -0.1) is 11.6 Å². The molecule has 1 N–H and O–H groups in total. The Hall–Kier alpha value is -3.32. The lowest BCUT2D eigenvalue weighted by Gasteiger charge is -2.35. The number of halogens is 3. The Morgan fingerprint density at radius 3 is 2.23 bits per heavy atom. The molecule has 1 aromatic carbocycles. The first-order chi connectivity index (χ1) is 17.0. The first kappa shape index (κ1) is 23.4. The quantitative estimate of drug-likeness (QED) is 0.513. The molecule has 0 aliphatic carbocycles. The van der Waals surface area contributed by atoms with E-state index in [0.29, 0.717) is 64.4 Å². The third-order valence-corrected chi connectivity index (χ3v) is 6.24. The smallest absolute Gasteiger partial charge is 0.296 e. The Bertz CT molecular complexity index is 1230. The van der Waals surface area contributed by atoms with Gasteiger partial charge in [-0.25, -0.2) is 13.8 Å². The third kappa shape index (κ3) is 4.52. The van der Waals surface area contributed by atoms with Crippen molar-refractivity contribution in [2.75, 3.05) is 68.2 Å². The van der Waals surface area contributed by atoms with E-state index in [0.717, 1.165) is 4.57 Å². The van der Waals surface area contributed by atoms with Crippen LogP contribution in [0.4, 0.5) is 20.7 Å². The molecule has 4 heterocycles. The zero-order chi connectivity index (χ0) is 24.5. The average Bonchev–Trinajstić information content (AvgIpc) is 3.30. The average molecular weight is 509 g/mol.